The molecule has 0 radical (unpaired) electrons. The van der Waals surface area contributed by atoms with Gasteiger partial charge in [-0.1, -0.05) is 146 Å². The first-order valence-electron chi connectivity index (χ1n) is 19.5. The van der Waals surface area contributed by atoms with Crippen LogP contribution in [0.2, 0.25) is 0 Å². The molecule has 1 aliphatic heterocycles. The maximum Gasteiger partial charge on any atom is 0.238 e. The standard InChI is InChI=1S/C52H30N4O2/c1-2-15-31(16-3-1)49-53-50(36-21-14-28-46-48(36)35-20-7-12-26-44(35)57-46)55-51(54-49)56-42-25-11-6-19-34(42)37-29-47-41(30-43(37)56)52(40-24-10-13-27-45(40)58-47)38-22-8-4-17-32(38)33-18-5-9-23-39(33)52/h1-30H. The molecule has 11 aromatic rings. The number of furan rings is 1. The predicted octanol–water partition coefficient (Wildman–Crippen LogP) is 12.7. The van der Waals surface area contributed by atoms with E-state index in [4.69, 9.17) is 24.1 Å². The number of nitrogens with zero attached hydrogens (tertiary/aromatic N) is 4. The summed E-state index contributed by atoms with van der Waals surface area (Å²) in [5.41, 5.74) is 11.9. The van der Waals surface area contributed by atoms with Crippen molar-refractivity contribution in [2.24, 2.45) is 0 Å². The summed E-state index contributed by atoms with van der Waals surface area (Å²) in [7, 11) is 0. The van der Waals surface area contributed by atoms with Crippen LogP contribution >= 0.6 is 0 Å². The van der Waals surface area contributed by atoms with Crippen LogP contribution in [0.5, 0.6) is 11.5 Å². The number of para-hydroxylation sites is 3. The maximum atomic E-state index is 6.93. The summed E-state index contributed by atoms with van der Waals surface area (Å²) in [6, 6.07) is 63.5. The van der Waals surface area contributed by atoms with Crippen LogP contribution < -0.4 is 4.74 Å². The first kappa shape index (κ1) is 31.4. The molecule has 0 atom stereocenters. The Balaban J connectivity index is 1.15. The summed E-state index contributed by atoms with van der Waals surface area (Å²) in [4.78, 5) is 15.9. The highest BCUT2D eigenvalue weighted by Crippen LogP contribution is 2.62. The van der Waals surface area contributed by atoms with Crippen LogP contribution in [-0.4, -0.2) is 19.5 Å². The minimum Gasteiger partial charge on any atom is -0.457 e. The zero-order chi connectivity index (χ0) is 38.0. The molecule has 0 saturated heterocycles. The van der Waals surface area contributed by atoms with E-state index in [1.807, 2.05) is 60.7 Å². The smallest absolute Gasteiger partial charge is 0.238 e. The second-order valence-electron chi connectivity index (χ2n) is 15.1. The van der Waals surface area contributed by atoms with Crippen molar-refractivity contribution in [2.45, 2.75) is 5.41 Å². The minimum atomic E-state index is -0.621. The third kappa shape index (κ3) is 4.13. The van der Waals surface area contributed by atoms with E-state index in [0.717, 1.165) is 77.5 Å². The Morgan fingerprint density at radius 1 is 0.414 bits per heavy atom. The Morgan fingerprint density at radius 3 is 1.88 bits per heavy atom. The summed E-state index contributed by atoms with van der Waals surface area (Å²) in [6.45, 7) is 0. The summed E-state index contributed by atoms with van der Waals surface area (Å²) < 4.78 is 15.5. The maximum absolute atomic E-state index is 6.93. The molecule has 6 heteroatoms. The molecule has 0 saturated carbocycles. The van der Waals surface area contributed by atoms with Crippen LogP contribution in [0.1, 0.15) is 22.3 Å². The first-order valence-corrected chi connectivity index (χ1v) is 19.5. The Bertz CT molecular complexity index is 3460. The van der Waals surface area contributed by atoms with Crippen LogP contribution in [0.25, 0.3) is 83.6 Å². The Morgan fingerprint density at radius 2 is 1.05 bits per heavy atom. The third-order valence-corrected chi connectivity index (χ3v) is 12.1. The molecule has 6 nitrogen and oxygen atoms in total. The second-order valence-corrected chi connectivity index (χ2v) is 15.1. The van der Waals surface area contributed by atoms with Gasteiger partial charge in [0.05, 0.1) is 16.4 Å². The topological polar surface area (TPSA) is 66.0 Å². The number of hydrogen-bond acceptors (Lipinski definition) is 5. The van der Waals surface area contributed by atoms with Crippen molar-refractivity contribution >= 4 is 43.7 Å². The highest BCUT2D eigenvalue weighted by molar-refractivity contribution is 6.12. The fourth-order valence-electron chi connectivity index (χ4n) is 9.80. The summed E-state index contributed by atoms with van der Waals surface area (Å²) >= 11 is 0. The van der Waals surface area contributed by atoms with Crippen molar-refractivity contribution in [3.8, 4) is 51.3 Å². The van der Waals surface area contributed by atoms with Crippen LogP contribution in [-0.2, 0) is 5.41 Å². The molecule has 0 amide bonds. The van der Waals surface area contributed by atoms with Crippen LogP contribution in [0.4, 0.5) is 0 Å². The molecule has 3 aromatic heterocycles. The number of rotatable bonds is 3. The first-order chi connectivity index (χ1) is 28.8. The molecule has 8 aromatic carbocycles. The Hall–Kier alpha value is -7.83. The van der Waals surface area contributed by atoms with Gasteiger partial charge in [-0.25, -0.2) is 4.98 Å². The van der Waals surface area contributed by atoms with Crippen LogP contribution in [0, 0.1) is 0 Å². The van der Waals surface area contributed by atoms with Gasteiger partial charge in [-0.15, -0.1) is 0 Å². The second kappa shape index (κ2) is 11.6. The summed E-state index contributed by atoms with van der Waals surface area (Å²) in [5.74, 6) is 3.37. The van der Waals surface area contributed by atoms with Gasteiger partial charge in [0.25, 0.3) is 0 Å². The molecule has 0 unspecified atom stereocenters. The average molecular weight is 743 g/mol. The largest absolute Gasteiger partial charge is 0.457 e. The van der Waals surface area contributed by atoms with Gasteiger partial charge in [-0.05, 0) is 58.7 Å². The van der Waals surface area contributed by atoms with Crippen molar-refractivity contribution in [3.05, 3.63) is 204 Å². The minimum absolute atomic E-state index is 0.526. The van der Waals surface area contributed by atoms with Crippen molar-refractivity contribution in [3.63, 3.8) is 0 Å². The van der Waals surface area contributed by atoms with E-state index >= 15 is 0 Å². The zero-order valence-corrected chi connectivity index (χ0v) is 30.9. The Kier molecular flexibility index (Phi) is 6.28. The van der Waals surface area contributed by atoms with Gasteiger partial charge >= 0.3 is 0 Å². The molecule has 1 aliphatic carbocycles. The number of ether oxygens (including phenoxy) is 1. The van der Waals surface area contributed by atoms with Crippen molar-refractivity contribution < 1.29 is 9.15 Å². The van der Waals surface area contributed by atoms with E-state index in [1.165, 1.54) is 22.3 Å². The predicted molar refractivity (Wildman–Crippen MR) is 230 cm³/mol. The molecule has 4 heterocycles. The Labute approximate surface area is 332 Å². The molecule has 58 heavy (non-hydrogen) atoms. The quantitative estimate of drug-likeness (QED) is 0.180. The normalized spacial score (nSPS) is 13.4. The van der Waals surface area contributed by atoms with E-state index < -0.39 is 5.41 Å². The van der Waals surface area contributed by atoms with Crippen molar-refractivity contribution in [1.29, 1.82) is 0 Å². The molecular formula is C52H30N4O2. The van der Waals surface area contributed by atoms with Gasteiger partial charge in [-0.2, -0.15) is 9.97 Å². The van der Waals surface area contributed by atoms with Gasteiger partial charge < -0.3 is 9.15 Å². The van der Waals surface area contributed by atoms with Gasteiger partial charge in [0.2, 0.25) is 5.95 Å². The molecular weight excluding hydrogens is 713 g/mol. The van der Waals surface area contributed by atoms with E-state index in [2.05, 4.69) is 126 Å². The number of hydrogen-bond donors (Lipinski definition) is 0. The lowest BCUT2D eigenvalue weighted by atomic mass is 9.66. The van der Waals surface area contributed by atoms with Gasteiger partial charge in [0.1, 0.15) is 22.7 Å². The highest BCUT2D eigenvalue weighted by atomic mass is 16.5. The lowest BCUT2D eigenvalue weighted by Crippen LogP contribution is -2.32. The lowest BCUT2D eigenvalue weighted by molar-refractivity contribution is 0.437. The average Bonchev–Trinajstić information content (AvgIpc) is 3.93. The van der Waals surface area contributed by atoms with E-state index in [1.54, 1.807) is 0 Å². The highest BCUT2D eigenvalue weighted by Gasteiger charge is 2.51. The van der Waals surface area contributed by atoms with E-state index in [0.29, 0.717) is 17.6 Å². The molecule has 13 rings (SSSR count). The van der Waals surface area contributed by atoms with Crippen LogP contribution in [0.3, 0.4) is 0 Å². The fourth-order valence-corrected chi connectivity index (χ4v) is 9.80. The monoisotopic (exact) mass is 742 g/mol. The number of benzene rings is 8. The fraction of sp³-hybridized carbons (Fsp3) is 0.0192. The van der Waals surface area contributed by atoms with E-state index in [9.17, 15) is 0 Å². The SMILES string of the molecule is c1ccc(-c2nc(-c3cccc4oc5ccccc5c34)nc(-n3c4ccccc4c4cc5c(cc43)C3(c4ccccc4O5)c4ccccc4-c4ccccc43)n2)cc1. The van der Waals surface area contributed by atoms with E-state index in [-0.39, 0.29) is 0 Å². The molecule has 2 aliphatic rings. The number of fused-ring (bicyclic) bond motifs is 15. The molecule has 0 N–H and O–H groups in total. The zero-order valence-electron chi connectivity index (χ0n) is 30.9. The van der Waals surface area contributed by atoms with Crippen molar-refractivity contribution in [1.82, 2.24) is 19.5 Å². The summed E-state index contributed by atoms with van der Waals surface area (Å²) in [5, 5.41) is 4.12. The van der Waals surface area contributed by atoms with Gasteiger partial charge in [0.15, 0.2) is 11.6 Å². The molecule has 270 valence electrons. The van der Waals surface area contributed by atoms with Crippen molar-refractivity contribution in [2.75, 3.05) is 0 Å². The summed E-state index contributed by atoms with van der Waals surface area (Å²) in [6.07, 6.45) is 0. The van der Waals surface area contributed by atoms with Crippen LogP contribution in [0.15, 0.2) is 186 Å². The number of aromatic nitrogens is 4. The molecule has 1 spiro atoms. The van der Waals surface area contributed by atoms with Gasteiger partial charge in [0, 0.05) is 43.8 Å². The third-order valence-electron chi connectivity index (χ3n) is 12.1. The molecule has 0 fully saturated rings. The lowest BCUT2D eigenvalue weighted by Gasteiger charge is -2.39. The van der Waals surface area contributed by atoms with Gasteiger partial charge in [-0.3, -0.25) is 4.57 Å². The molecule has 0 bridgehead atoms.